The highest BCUT2D eigenvalue weighted by atomic mass is 79.9. The number of aliphatic imine (C=N–C) groups is 1. The number of fused-ring (bicyclic) bond motifs is 1. The van der Waals surface area contributed by atoms with Crippen LogP contribution in [0.1, 0.15) is 5.56 Å². The van der Waals surface area contributed by atoms with Crippen molar-refractivity contribution in [3.8, 4) is 0 Å². The van der Waals surface area contributed by atoms with Gasteiger partial charge in [0.25, 0.3) is 0 Å². The standard InChI is InChI=1S/C18H19BrN4/c1-22(2)11-12-23-17-6-4-3-5-16(17)21-18(23)20-13-14-7-9-15(19)10-8-14/h3-10,13H,11-12H2,1-2H3. The number of halogens is 1. The van der Waals surface area contributed by atoms with Gasteiger partial charge in [-0.15, -0.1) is 0 Å². The van der Waals surface area contributed by atoms with Crippen LogP contribution in [0.5, 0.6) is 0 Å². The van der Waals surface area contributed by atoms with Gasteiger partial charge in [-0.05, 0) is 43.9 Å². The number of hydrogen-bond acceptors (Lipinski definition) is 3. The maximum Gasteiger partial charge on any atom is 0.230 e. The van der Waals surface area contributed by atoms with E-state index in [-0.39, 0.29) is 0 Å². The van der Waals surface area contributed by atoms with Gasteiger partial charge in [0.2, 0.25) is 5.95 Å². The van der Waals surface area contributed by atoms with E-state index >= 15 is 0 Å². The Morgan fingerprint density at radius 1 is 1.13 bits per heavy atom. The van der Waals surface area contributed by atoms with E-state index in [1.807, 2.05) is 48.7 Å². The molecule has 3 aromatic rings. The molecule has 0 bridgehead atoms. The first-order valence-corrected chi connectivity index (χ1v) is 8.32. The fourth-order valence-electron chi connectivity index (χ4n) is 2.36. The summed E-state index contributed by atoms with van der Waals surface area (Å²) in [4.78, 5) is 11.4. The van der Waals surface area contributed by atoms with Gasteiger partial charge in [0.15, 0.2) is 0 Å². The molecule has 0 amide bonds. The molecule has 3 rings (SSSR count). The molecule has 0 fully saturated rings. The summed E-state index contributed by atoms with van der Waals surface area (Å²) in [6.07, 6.45) is 1.86. The van der Waals surface area contributed by atoms with E-state index in [1.54, 1.807) is 0 Å². The van der Waals surface area contributed by atoms with Gasteiger partial charge in [-0.1, -0.05) is 40.2 Å². The predicted octanol–water partition coefficient (Wildman–Crippen LogP) is 4.11. The van der Waals surface area contributed by atoms with Gasteiger partial charge < -0.3 is 9.47 Å². The summed E-state index contributed by atoms with van der Waals surface area (Å²) in [5.41, 5.74) is 3.16. The first kappa shape index (κ1) is 15.9. The Hall–Kier alpha value is -1.98. The Kier molecular flexibility index (Phi) is 4.88. The molecule has 1 aromatic heterocycles. The van der Waals surface area contributed by atoms with Gasteiger partial charge >= 0.3 is 0 Å². The molecule has 0 saturated carbocycles. The van der Waals surface area contributed by atoms with E-state index in [0.717, 1.165) is 40.1 Å². The number of aromatic nitrogens is 2. The molecule has 118 valence electrons. The van der Waals surface area contributed by atoms with Gasteiger partial charge in [-0.2, -0.15) is 0 Å². The van der Waals surface area contributed by atoms with E-state index < -0.39 is 0 Å². The third kappa shape index (κ3) is 3.86. The van der Waals surface area contributed by atoms with Crippen LogP contribution in [0.25, 0.3) is 11.0 Å². The van der Waals surface area contributed by atoms with Gasteiger partial charge in [0, 0.05) is 23.8 Å². The molecular formula is C18H19BrN4. The minimum absolute atomic E-state index is 0.746. The van der Waals surface area contributed by atoms with E-state index in [9.17, 15) is 0 Å². The zero-order valence-corrected chi connectivity index (χ0v) is 14.9. The van der Waals surface area contributed by atoms with Gasteiger partial charge in [-0.3, -0.25) is 0 Å². The summed E-state index contributed by atoms with van der Waals surface area (Å²) in [6, 6.07) is 16.2. The monoisotopic (exact) mass is 370 g/mol. The lowest BCUT2D eigenvalue weighted by molar-refractivity contribution is 0.387. The van der Waals surface area contributed by atoms with Crippen LogP contribution in [-0.4, -0.2) is 41.3 Å². The van der Waals surface area contributed by atoms with Gasteiger partial charge in [0.1, 0.15) is 0 Å². The number of nitrogens with zero attached hydrogens (tertiary/aromatic N) is 4. The lowest BCUT2D eigenvalue weighted by atomic mass is 10.2. The molecule has 4 nitrogen and oxygen atoms in total. The summed E-state index contributed by atoms with van der Waals surface area (Å²) in [5, 5.41) is 0. The van der Waals surface area contributed by atoms with Crippen molar-refractivity contribution in [1.29, 1.82) is 0 Å². The minimum atomic E-state index is 0.746. The first-order chi connectivity index (χ1) is 11.1. The van der Waals surface area contributed by atoms with Gasteiger partial charge in [-0.25, -0.2) is 9.98 Å². The van der Waals surface area contributed by atoms with Crippen molar-refractivity contribution in [2.75, 3.05) is 20.6 Å². The summed E-state index contributed by atoms with van der Waals surface area (Å²) in [5.74, 6) is 0.746. The largest absolute Gasteiger partial charge is 0.308 e. The Balaban J connectivity index is 1.95. The molecule has 0 aliphatic heterocycles. The molecular weight excluding hydrogens is 352 g/mol. The Morgan fingerprint density at radius 3 is 2.61 bits per heavy atom. The smallest absolute Gasteiger partial charge is 0.230 e. The van der Waals surface area contributed by atoms with Crippen LogP contribution in [0.15, 0.2) is 58.0 Å². The lowest BCUT2D eigenvalue weighted by Crippen LogP contribution is -2.18. The van der Waals surface area contributed by atoms with Gasteiger partial charge in [0.05, 0.1) is 11.0 Å². The van der Waals surface area contributed by atoms with Crippen LogP contribution in [0.3, 0.4) is 0 Å². The normalized spacial score (nSPS) is 11.8. The fourth-order valence-corrected chi connectivity index (χ4v) is 2.63. The predicted molar refractivity (Wildman–Crippen MR) is 99.7 cm³/mol. The maximum absolute atomic E-state index is 4.66. The number of imidazole rings is 1. The quantitative estimate of drug-likeness (QED) is 0.633. The molecule has 23 heavy (non-hydrogen) atoms. The summed E-state index contributed by atoms with van der Waals surface area (Å²) >= 11 is 3.44. The second kappa shape index (κ2) is 7.06. The average Bonchev–Trinajstić information content (AvgIpc) is 2.90. The molecule has 0 aliphatic rings. The molecule has 0 spiro atoms. The third-order valence-corrected chi connectivity index (χ3v) is 4.13. The zero-order chi connectivity index (χ0) is 16.2. The Labute approximate surface area is 144 Å². The third-order valence-electron chi connectivity index (χ3n) is 3.60. The molecule has 0 N–H and O–H groups in total. The summed E-state index contributed by atoms with van der Waals surface area (Å²) in [7, 11) is 4.15. The second-order valence-electron chi connectivity index (χ2n) is 5.67. The van der Waals surface area contributed by atoms with Crippen LogP contribution in [0.2, 0.25) is 0 Å². The van der Waals surface area contributed by atoms with Crippen LogP contribution in [-0.2, 0) is 6.54 Å². The molecule has 1 heterocycles. The van der Waals surface area contributed by atoms with Crippen molar-refractivity contribution in [2.45, 2.75) is 6.54 Å². The van der Waals surface area contributed by atoms with E-state index in [4.69, 9.17) is 0 Å². The van der Waals surface area contributed by atoms with E-state index in [2.05, 4.69) is 55.5 Å². The average molecular weight is 371 g/mol. The van der Waals surface area contributed by atoms with Crippen molar-refractivity contribution < 1.29 is 0 Å². The molecule has 0 saturated heterocycles. The number of para-hydroxylation sites is 2. The van der Waals surface area contributed by atoms with Crippen molar-refractivity contribution in [3.63, 3.8) is 0 Å². The van der Waals surface area contributed by atoms with Crippen LogP contribution < -0.4 is 0 Å². The van der Waals surface area contributed by atoms with Crippen molar-refractivity contribution >= 4 is 39.1 Å². The van der Waals surface area contributed by atoms with Crippen LogP contribution in [0.4, 0.5) is 5.95 Å². The minimum Gasteiger partial charge on any atom is -0.308 e. The molecule has 0 atom stereocenters. The molecule has 2 aromatic carbocycles. The van der Waals surface area contributed by atoms with Crippen LogP contribution in [0, 0.1) is 0 Å². The van der Waals surface area contributed by atoms with Crippen molar-refractivity contribution in [3.05, 3.63) is 58.6 Å². The SMILES string of the molecule is CN(C)CCn1c(N=Cc2ccc(Br)cc2)nc2ccccc21. The number of hydrogen-bond donors (Lipinski definition) is 0. The van der Waals surface area contributed by atoms with Crippen molar-refractivity contribution in [1.82, 2.24) is 14.5 Å². The Bertz CT molecular complexity index is 819. The van der Waals surface area contributed by atoms with E-state index in [0.29, 0.717) is 0 Å². The highest BCUT2D eigenvalue weighted by molar-refractivity contribution is 9.10. The Morgan fingerprint density at radius 2 is 1.87 bits per heavy atom. The lowest BCUT2D eigenvalue weighted by Gasteiger charge is -2.11. The summed E-state index contributed by atoms with van der Waals surface area (Å²) < 4.78 is 3.23. The highest BCUT2D eigenvalue weighted by Gasteiger charge is 2.09. The van der Waals surface area contributed by atoms with Crippen LogP contribution >= 0.6 is 15.9 Å². The van der Waals surface area contributed by atoms with E-state index in [1.165, 1.54) is 0 Å². The topological polar surface area (TPSA) is 33.4 Å². The van der Waals surface area contributed by atoms with Crippen molar-refractivity contribution in [2.24, 2.45) is 4.99 Å². The molecule has 0 aliphatic carbocycles. The number of rotatable bonds is 5. The molecule has 0 unspecified atom stereocenters. The molecule has 5 heteroatoms. The number of benzene rings is 2. The summed E-state index contributed by atoms with van der Waals surface area (Å²) in [6.45, 7) is 1.81. The number of likely N-dealkylation sites (N-methyl/N-ethyl adjacent to an activating group) is 1. The second-order valence-corrected chi connectivity index (χ2v) is 6.58. The zero-order valence-electron chi connectivity index (χ0n) is 13.3. The molecule has 0 radical (unpaired) electrons. The maximum atomic E-state index is 4.66. The highest BCUT2D eigenvalue weighted by Crippen LogP contribution is 2.21. The first-order valence-electron chi connectivity index (χ1n) is 7.53. The fraction of sp³-hybridized carbons (Fsp3) is 0.222.